The van der Waals surface area contributed by atoms with Crippen molar-refractivity contribution in [1.29, 1.82) is 5.26 Å². The highest BCUT2D eigenvalue weighted by Crippen LogP contribution is 2.22. The van der Waals surface area contributed by atoms with E-state index in [0.29, 0.717) is 5.69 Å². The van der Waals surface area contributed by atoms with Crippen LogP contribution < -0.4 is 10.6 Å². The van der Waals surface area contributed by atoms with E-state index < -0.39 is 17.5 Å². The molecule has 0 aliphatic heterocycles. The molecule has 0 aliphatic rings. The first kappa shape index (κ1) is 16.4. The van der Waals surface area contributed by atoms with E-state index in [0.717, 1.165) is 18.5 Å². The standard InChI is InChI=1S/C16H14F2N4O/c1-9(2)21-14-4-3-11(17)5-12(14)16(23)22-15-10(6-19)7-20-8-13(15)18/h3-5,7-9,21H,1-2H3,(H,20,22,23). The molecule has 0 aliphatic carbocycles. The molecule has 0 atom stereocenters. The van der Waals surface area contributed by atoms with E-state index in [4.69, 9.17) is 5.26 Å². The van der Waals surface area contributed by atoms with Gasteiger partial charge in [-0.2, -0.15) is 5.26 Å². The highest BCUT2D eigenvalue weighted by Gasteiger charge is 2.17. The Hall–Kier alpha value is -3.01. The number of carbonyl (C=O) groups excluding carboxylic acids is 1. The zero-order chi connectivity index (χ0) is 17.0. The van der Waals surface area contributed by atoms with Gasteiger partial charge in [-0.25, -0.2) is 8.78 Å². The smallest absolute Gasteiger partial charge is 0.257 e. The molecule has 0 unspecified atom stereocenters. The van der Waals surface area contributed by atoms with Crippen LogP contribution in [0.15, 0.2) is 30.6 Å². The number of halogens is 2. The molecule has 23 heavy (non-hydrogen) atoms. The number of carbonyl (C=O) groups is 1. The summed E-state index contributed by atoms with van der Waals surface area (Å²) in [6.07, 6.45) is 2.02. The van der Waals surface area contributed by atoms with Gasteiger partial charge in [0.15, 0.2) is 5.82 Å². The molecule has 2 rings (SSSR count). The Bertz CT molecular complexity index is 784. The zero-order valence-corrected chi connectivity index (χ0v) is 12.5. The molecule has 0 bridgehead atoms. The molecule has 7 heteroatoms. The van der Waals surface area contributed by atoms with Gasteiger partial charge in [-0.3, -0.25) is 9.78 Å². The summed E-state index contributed by atoms with van der Waals surface area (Å²) in [5, 5.41) is 14.3. The number of pyridine rings is 1. The molecule has 1 heterocycles. The lowest BCUT2D eigenvalue weighted by atomic mass is 10.1. The number of hydrogen-bond donors (Lipinski definition) is 2. The van der Waals surface area contributed by atoms with Gasteiger partial charge in [0.2, 0.25) is 0 Å². The van der Waals surface area contributed by atoms with Gasteiger partial charge < -0.3 is 10.6 Å². The van der Waals surface area contributed by atoms with Crippen LogP contribution in [0.25, 0.3) is 0 Å². The third-order valence-electron chi connectivity index (χ3n) is 2.93. The van der Waals surface area contributed by atoms with Gasteiger partial charge in [0.1, 0.15) is 11.9 Å². The number of nitriles is 1. The quantitative estimate of drug-likeness (QED) is 0.907. The molecule has 0 saturated carbocycles. The van der Waals surface area contributed by atoms with Crippen LogP contribution >= 0.6 is 0 Å². The monoisotopic (exact) mass is 316 g/mol. The molecular formula is C16H14F2N4O. The summed E-state index contributed by atoms with van der Waals surface area (Å²) in [4.78, 5) is 15.9. The first-order chi connectivity index (χ1) is 10.9. The summed E-state index contributed by atoms with van der Waals surface area (Å²) in [6.45, 7) is 3.72. The molecule has 2 N–H and O–H groups in total. The van der Waals surface area contributed by atoms with E-state index in [-0.39, 0.29) is 22.9 Å². The lowest BCUT2D eigenvalue weighted by Gasteiger charge is -2.15. The average molecular weight is 316 g/mol. The molecule has 1 amide bonds. The number of hydrogen-bond acceptors (Lipinski definition) is 4. The molecule has 0 spiro atoms. The van der Waals surface area contributed by atoms with E-state index >= 15 is 0 Å². The number of rotatable bonds is 4. The predicted octanol–water partition coefficient (Wildman–Crippen LogP) is 3.30. The van der Waals surface area contributed by atoms with Gasteiger partial charge in [0.25, 0.3) is 5.91 Å². The molecule has 118 valence electrons. The van der Waals surface area contributed by atoms with Crippen LogP contribution in [-0.4, -0.2) is 16.9 Å². The van der Waals surface area contributed by atoms with E-state index in [1.54, 1.807) is 6.07 Å². The molecule has 1 aromatic carbocycles. The minimum atomic E-state index is -0.841. The zero-order valence-electron chi connectivity index (χ0n) is 12.5. The van der Waals surface area contributed by atoms with E-state index in [2.05, 4.69) is 15.6 Å². The molecule has 0 fully saturated rings. The second-order valence-electron chi connectivity index (χ2n) is 5.10. The number of anilines is 2. The van der Waals surface area contributed by atoms with Crippen LogP contribution in [0.3, 0.4) is 0 Å². The van der Waals surface area contributed by atoms with Crippen LogP contribution in [0.4, 0.5) is 20.2 Å². The van der Waals surface area contributed by atoms with E-state index in [9.17, 15) is 13.6 Å². The minimum absolute atomic E-state index is 0.0128. The Labute approximate surface area is 132 Å². The Morgan fingerprint density at radius 3 is 2.70 bits per heavy atom. The van der Waals surface area contributed by atoms with Crippen LogP contribution in [-0.2, 0) is 0 Å². The fourth-order valence-corrected chi connectivity index (χ4v) is 1.97. The SMILES string of the molecule is CC(C)Nc1ccc(F)cc1C(=O)Nc1c(F)cncc1C#N. The van der Waals surface area contributed by atoms with Crippen molar-refractivity contribution in [1.82, 2.24) is 4.98 Å². The second kappa shape index (κ2) is 6.83. The van der Waals surface area contributed by atoms with Crippen LogP contribution in [0.5, 0.6) is 0 Å². The number of nitrogens with one attached hydrogen (secondary N) is 2. The molecule has 1 aromatic heterocycles. The number of nitrogens with zero attached hydrogens (tertiary/aromatic N) is 2. The largest absolute Gasteiger partial charge is 0.382 e. The maximum Gasteiger partial charge on any atom is 0.257 e. The Balaban J connectivity index is 2.39. The van der Waals surface area contributed by atoms with Gasteiger partial charge >= 0.3 is 0 Å². The van der Waals surface area contributed by atoms with Crippen molar-refractivity contribution in [2.45, 2.75) is 19.9 Å². The van der Waals surface area contributed by atoms with Crippen molar-refractivity contribution >= 4 is 17.3 Å². The third kappa shape index (κ3) is 3.80. The van der Waals surface area contributed by atoms with Crippen LogP contribution in [0, 0.1) is 23.0 Å². The van der Waals surface area contributed by atoms with E-state index in [1.807, 2.05) is 13.8 Å². The van der Waals surface area contributed by atoms with Crippen molar-refractivity contribution in [2.24, 2.45) is 0 Å². The van der Waals surface area contributed by atoms with Gasteiger partial charge in [0.05, 0.1) is 23.0 Å². The molecule has 0 saturated heterocycles. The van der Waals surface area contributed by atoms with Crippen LogP contribution in [0.2, 0.25) is 0 Å². The summed E-state index contributed by atoms with van der Waals surface area (Å²) in [6, 6.07) is 5.45. The molecule has 2 aromatic rings. The topological polar surface area (TPSA) is 77.8 Å². The summed E-state index contributed by atoms with van der Waals surface area (Å²) in [5.74, 6) is -2.17. The van der Waals surface area contributed by atoms with Crippen LogP contribution in [0.1, 0.15) is 29.8 Å². The summed E-state index contributed by atoms with van der Waals surface area (Å²) >= 11 is 0. The third-order valence-corrected chi connectivity index (χ3v) is 2.93. The lowest BCUT2D eigenvalue weighted by Crippen LogP contribution is -2.19. The second-order valence-corrected chi connectivity index (χ2v) is 5.10. The van der Waals surface area contributed by atoms with E-state index in [1.165, 1.54) is 12.1 Å². The predicted molar refractivity (Wildman–Crippen MR) is 82.0 cm³/mol. The molecule has 5 nitrogen and oxygen atoms in total. The van der Waals surface area contributed by atoms with Crippen molar-refractivity contribution in [3.05, 3.63) is 53.4 Å². The Kier molecular flexibility index (Phi) is 4.86. The van der Waals surface area contributed by atoms with Crippen molar-refractivity contribution in [3.63, 3.8) is 0 Å². The lowest BCUT2D eigenvalue weighted by molar-refractivity contribution is 0.102. The summed E-state index contributed by atoms with van der Waals surface area (Å²) in [5.41, 5.74) is 0.0195. The highest BCUT2D eigenvalue weighted by atomic mass is 19.1. The van der Waals surface area contributed by atoms with Gasteiger partial charge in [0, 0.05) is 17.9 Å². The normalized spacial score (nSPS) is 10.3. The summed E-state index contributed by atoms with van der Waals surface area (Å²) < 4.78 is 27.2. The minimum Gasteiger partial charge on any atom is -0.382 e. The first-order valence-corrected chi connectivity index (χ1v) is 6.83. The fourth-order valence-electron chi connectivity index (χ4n) is 1.97. The summed E-state index contributed by atoms with van der Waals surface area (Å²) in [7, 11) is 0. The molecular weight excluding hydrogens is 302 g/mol. The fraction of sp³-hybridized carbons (Fsp3) is 0.188. The van der Waals surface area contributed by atoms with Crippen molar-refractivity contribution in [3.8, 4) is 6.07 Å². The van der Waals surface area contributed by atoms with Crippen molar-refractivity contribution < 1.29 is 13.6 Å². The number of benzene rings is 1. The van der Waals surface area contributed by atoms with Gasteiger partial charge in [-0.1, -0.05) is 0 Å². The number of aromatic nitrogens is 1. The number of amides is 1. The first-order valence-electron chi connectivity index (χ1n) is 6.83. The Morgan fingerprint density at radius 2 is 2.04 bits per heavy atom. The van der Waals surface area contributed by atoms with Gasteiger partial charge in [-0.15, -0.1) is 0 Å². The Morgan fingerprint density at radius 1 is 1.30 bits per heavy atom. The van der Waals surface area contributed by atoms with Crippen molar-refractivity contribution in [2.75, 3.05) is 10.6 Å². The highest BCUT2D eigenvalue weighted by molar-refractivity contribution is 6.08. The molecule has 0 radical (unpaired) electrons. The maximum atomic E-state index is 13.8. The average Bonchev–Trinajstić information content (AvgIpc) is 2.50. The maximum absolute atomic E-state index is 13.8. The van der Waals surface area contributed by atoms with Gasteiger partial charge in [-0.05, 0) is 32.0 Å².